The lowest BCUT2D eigenvalue weighted by Gasteiger charge is -2.11. The Morgan fingerprint density at radius 2 is 2.04 bits per heavy atom. The molecule has 1 amide bonds. The SMILES string of the molecule is COc1ccc2c(Cl)c(C(=O)NC(=S)Nc3ccc(C)cc3Br)sc2c1. The van der Waals surface area contributed by atoms with E-state index in [0.29, 0.717) is 15.6 Å². The van der Waals surface area contributed by atoms with Gasteiger partial charge in [-0.05, 0) is 71.0 Å². The van der Waals surface area contributed by atoms with Crippen LogP contribution in [0.1, 0.15) is 15.2 Å². The van der Waals surface area contributed by atoms with Crippen LogP contribution in [0.2, 0.25) is 5.02 Å². The van der Waals surface area contributed by atoms with Crippen LogP contribution in [0.5, 0.6) is 5.75 Å². The number of carbonyl (C=O) groups is 1. The maximum absolute atomic E-state index is 12.6. The average Bonchev–Trinajstić information content (AvgIpc) is 2.93. The first-order valence-corrected chi connectivity index (χ1v) is 9.93. The highest BCUT2D eigenvalue weighted by Crippen LogP contribution is 2.37. The van der Waals surface area contributed by atoms with E-state index in [-0.39, 0.29) is 11.0 Å². The number of thiocarbonyl (C=S) groups is 1. The quantitative estimate of drug-likeness (QED) is 0.479. The van der Waals surface area contributed by atoms with Crippen molar-refractivity contribution in [2.45, 2.75) is 6.92 Å². The molecule has 0 aliphatic rings. The molecule has 134 valence electrons. The molecule has 0 aliphatic heterocycles. The second-order valence-corrected chi connectivity index (χ2v) is 8.19. The fourth-order valence-electron chi connectivity index (χ4n) is 2.35. The van der Waals surface area contributed by atoms with Gasteiger partial charge in [-0.1, -0.05) is 17.7 Å². The monoisotopic (exact) mass is 468 g/mol. The standard InChI is InChI=1S/C18H14BrClN2O2S2/c1-9-3-6-13(12(19)7-9)21-18(25)22-17(23)16-15(20)11-5-4-10(24-2)8-14(11)26-16/h3-8H,1-2H3,(H2,21,22,23,25). The van der Waals surface area contributed by atoms with Crippen molar-refractivity contribution in [1.29, 1.82) is 0 Å². The summed E-state index contributed by atoms with van der Waals surface area (Å²) >= 11 is 16.4. The minimum absolute atomic E-state index is 0.200. The molecule has 3 aromatic rings. The highest BCUT2D eigenvalue weighted by molar-refractivity contribution is 9.10. The van der Waals surface area contributed by atoms with Crippen LogP contribution in [0.4, 0.5) is 5.69 Å². The normalized spacial score (nSPS) is 10.6. The van der Waals surface area contributed by atoms with Crippen molar-refractivity contribution in [2.75, 3.05) is 12.4 Å². The zero-order valence-corrected chi connectivity index (χ0v) is 17.8. The van der Waals surface area contributed by atoms with Crippen molar-refractivity contribution in [2.24, 2.45) is 0 Å². The minimum Gasteiger partial charge on any atom is -0.497 e. The number of hydrogen-bond acceptors (Lipinski definition) is 4. The molecular weight excluding hydrogens is 456 g/mol. The predicted octanol–water partition coefficient (Wildman–Crippen LogP) is 5.76. The summed E-state index contributed by atoms with van der Waals surface area (Å²) in [4.78, 5) is 13.0. The molecule has 2 N–H and O–H groups in total. The van der Waals surface area contributed by atoms with Crippen molar-refractivity contribution >= 4 is 77.9 Å². The van der Waals surface area contributed by atoms with E-state index in [2.05, 4.69) is 26.6 Å². The number of hydrogen-bond donors (Lipinski definition) is 2. The minimum atomic E-state index is -0.351. The highest BCUT2D eigenvalue weighted by atomic mass is 79.9. The van der Waals surface area contributed by atoms with Gasteiger partial charge in [-0.25, -0.2) is 0 Å². The van der Waals surface area contributed by atoms with E-state index in [1.165, 1.54) is 11.3 Å². The highest BCUT2D eigenvalue weighted by Gasteiger charge is 2.18. The first-order chi connectivity index (χ1) is 12.4. The Bertz CT molecular complexity index is 1020. The molecule has 1 heterocycles. The van der Waals surface area contributed by atoms with Gasteiger partial charge in [-0.15, -0.1) is 11.3 Å². The maximum Gasteiger partial charge on any atom is 0.269 e. The van der Waals surface area contributed by atoms with Crippen molar-refractivity contribution in [3.05, 3.63) is 56.3 Å². The number of rotatable bonds is 3. The summed E-state index contributed by atoms with van der Waals surface area (Å²) in [6, 6.07) is 11.3. The van der Waals surface area contributed by atoms with E-state index >= 15 is 0 Å². The number of methoxy groups -OCH3 is 1. The smallest absolute Gasteiger partial charge is 0.269 e. The van der Waals surface area contributed by atoms with Gasteiger partial charge >= 0.3 is 0 Å². The molecular formula is C18H14BrClN2O2S2. The van der Waals surface area contributed by atoms with Crippen LogP contribution in [0, 0.1) is 6.92 Å². The summed E-state index contributed by atoms with van der Waals surface area (Å²) in [6.07, 6.45) is 0. The number of anilines is 1. The van der Waals surface area contributed by atoms with Gasteiger partial charge in [0.1, 0.15) is 10.6 Å². The number of thiophene rings is 1. The maximum atomic E-state index is 12.6. The van der Waals surface area contributed by atoms with Crippen LogP contribution in [0.15, 0.2) is 40.9 Å². The molecule has 0 atom stereocenters. The first kappa shape index (κ1) is 19.1. The summed E-state index contributed by atoms with van der Waals surface area (Å²) in [5.74, 6) is 0.361. The van der Waals surface area contributed by atoms with Crippen molar-refractivity contribution in [3.63, 3.8) is 0 Å². The Kier molecular flexibility index (Phi) is 5.82. The van der Waals surface area contributed by atoms with Gasteiger partial charge < -0.3 is 10.1 Å². The van der Waals surface area contributed by atoms with E-state index in [0.717, 1.165) is 25.8 Å². The van der Waals surface area contributed by atoms with Crippen LogP contribution in [0.3, 0.4) is 0 Å². The third kappa shape index (κ3) is 4.01. The van der Waals surface area contributed by atoms with Crippen LogP contribution >= 0.6 is 51.1 Å². The zero-order valence-electron chi connectivity index (χ0n) is 13.9. The molecule has 0 fully saturated rings. The van der Waals surface area contributed by atoms with E-state index in [4.69, 9.17) is 28.6 Å². The summed E-state index contributed by atoms with van der Waals surface area (Å²) in [5, 5.41) is 7.09. The topological polar surface area (TPSA) is 50.4 Å². The van der Waals surface area contributed by atoms with Gasteiger partial charge in [0.05, 0.1) is 17.8 Å². The molecule has 1 aromatic heterocycles. The van der Waals surface area contributed by atoms with Crippen molar-refractivity contribution in [1.82, 2.24) is 5.32 Å². The Labute approximate surface area is 173 Å². The fourth-order valence-corrected chi connectivity index (χ4v) is 4.59. The van der Waals surface area contributed by atoms with E-state index in [9.17, 15) is 4.79 Å². The van der Waals surface area contributed by atoms with Crippen LogP contribution in [-0.4, -0.2) is 18.1 Å². The molecule has 4 nitrogen and oxygen atoms in total. The van der Waals surface area contributed by atoms with Crippen molar-refractivity contribution < 1.29 is 9.53 Å². The first-order valence-electron chi connectivity index (χ1n) is 7.53. The molecule has 0 bridgehead atoms. The number of benzene rings is 2. The number of amides is 1. The molecule has 2 aromatic carbocycles. The van der Waals surface area contributed by atoms with Crippen LogP contribution < -0.4 is 15.4 Å². The Balaban J connectivity index is 1.78. The van der Waals surface area contributed by atoms with Gasteiger partial charge in [0.25, 0.3) is 5.91 Å². The van der Waals surface area contributed by atoms with Crippen LogP contribution in [-0.2, 0) is 0 Å². The van der Waals surface area contributed by atoms with Gasteiger partial charge in [0.15, 0.2) is 5.11 Å². The Morgan fingerprint density at radius 3 is 2.73 bits per heavy atom. The summed E-state index contributed by atoms with van der Waals surface area (Å²) < 4.78 is 6.95. The largest absolute Gasteiger partial charge is 0.497 e. The third-order valence-electron chi connectivity index (χ3n) is 3.64. The van der Waals surface area contributed by atoms with E-state index in [1.807, 2.05) is 43.3 Å². The number of halogens is 2. The number of fused-ring (bicyclic) bond motifs is 1. The molecule has 8 heteroatoms. The molecule has 26 heavy (non-hydrogen) atoms. The Hall–Kier alpha value is -1.67. The lowest BCUT2D eigenvalue weighted by molar-refractivity contribution is 0.0982. The van der Waals surface area contributed by atoms with Crippen LogP contribution in [0.25, 0.3) is 10.1 Å². The molecule has 0 saturated heterocycles. The van der Waals surface area contributed by atoms with Gasteiger partial charge in [-0.2, -0.15) is 0 Å². The number of ether oxygens (including phenoxy) is 1. The zero-order chi connectivity index (χ0) is 18.8. The number of nitrogens with one attached hydrogen (secondary N) is 2. The summed E-state index contributed by atoms with van der Waals surface area (Å²) in [6.45, 7) is 1.99. The molecule has 3 rings (SSSR count). The lowest BCUT2D eigenvalue weighted by Crippen LogP contribution is -2.33. The van der Waals surface area contributed by atoms with E-state index < -0.39 is 0 Å². The summed E-state index contributed by atoms with van der Waals surface area (Å²) in [5.41, 5.74) is 1.89. The fraction of sp³-hybridized carbons (Fsp3) is 0.111. The Morgan fingerprint density at radius 1 is 1.27 bits per heavy atom. The molecule has 0 saturated carbocycles. The van der Waals surface area contributed by atoms with Gasteiger partial charge in [0, 0.05) is 14.6 Å². The van der Waals surface area contributed by atoms with E-state index in [1.54, 1.807) is 7.11 Å². The average molecular weight is 470 g/mol. The molecule has 0 aliphatic carbocycles. The predicted molar refractivity (Wildman–Crippen MR) is 116 cm³/mol. The summed E-state index contributed by atoms with van der Waals surface area (Å²) in [7, 11) is 1.59. The third-order valence-corrected chi connectivity index (χ3v) is 6.16. The van der Waals surface area contributed by atoms with Crippen molar-refractivity contribution in [3.8, 4) is 5.75 Å². The molecule has 0 spiro atoms. The second kappa shape index (κ2) is 7.92. The van der Waals surface area contributed by atoms with Gasteiger partial charge in [-0.3, -0.25) is 10.1 Å². The molecule has 0 unspecified atom stereocenters. The lowest BCUT2D eigenvalue weighted by atomic mass is 10.2. The number of carbonyl (C=O) groups excluding carboxylic acids is 1. The second-order valence-electron chi connectivity index (χ2n) is 5.50. The molecule has 0 radical (unpaired) electrons. The van der Waals surface area contributed by atoms with Gasteiger partial charge in [0.2, 0.25) is 0 Å². The number of aryl methyl sites for hydroxylation is 1.